The molecule has 0 bridgehead atoms. The van der Waals surface area contributed by atoms with Gasteiger partial charge in [-0.15, -0.1) is 0 Å². The van der Waals surface area contributed by atoms with Crippen LogP contribution in [-0.4, -0.2) is 61.9 Å². The van der Waals surface area contributed by atoms with Crippen LogP contribution in [0.25, 0.3) is 5.57 Å². The van der Waals surface area contributed by atoms with Crippen LogP contribution in [0.1, 0.15) is 46.1 Å². The zero-order valence-corrected chi connectivity index (χ0v) is 20.5. The summed E-state index contributed by atoms with van der Waals surface area (Å²) < 4.78 is 15.6. The van der Waals surface area contributed by atoms with Crippen molar-refractivity contribution >= 4 is 35.0 Å². The topological polar surface area (TPSA) is 132 Å². The number of carbonyl (C=O) groups excluding carboxylic acids is 2. The Bertz CT molecular complexity index is 800. The summed E-state index contributed by atoms with van der Waals surface area (Å²) in [4.78, 5) is 22.9. The van der Waals surface area contributed by atoms with E-state index in [-0.39, 0.29) is 26.4 Å². The Hall–Kier alpha value is -2.49. The van der Waals surface area contributed by atoms with Crippen LogP contribution in [0, 0.1) is 0 Å². The molecular weight excluding hydrogens is 450 g/mol. The Labute approximate surface area is 200 Å². The number of amides is 2. The molecule has 0 radical (unpaired) electrons. The van der Waals surface area contributed by atoms with Gasteiger partial charge < -0.3 is 35.7 Å². The molecule has 0 aliphatic heterocycles. The number of aliphatic hydroxyl groups is 1. The number of carbonyl (C=O) groups is 2. The Morgan fingerprint density at radius 1 is 1.18 bits per heavy atom. The maximum Gasteiger partial charge on any atom is 0.407 e. The summed E-state index contributed by atoms with van der Waals surface area (Å²) in [6, 6.07) is 5.21. The quantitative estimate of drug-likeness (QED) is 0.313. The van der Waals surface area contributed by atoms with E-state index in [1.165, 1.54) is 0 Å². The minimum atomic E-state index is -0.772. The van der Waals surface area contributed by atoms with E-state index < -0.39 is 23.9 Å². The number of ether oxygens (including phenoxy) is 3. The standard InChI is InChI=1S/C23H36ClN3O6/c1-5-31-21(29)26-11-9-16(19-13-17(24)7-8-20(19)25)14-23(3,4)33-12-10-18(28)15-27-22(30)32-6-2/h7-8,13-14,18,28H,5-6,9-12,15,25H2,1-4H3,(H,26,29)(H,27,30)/b16-14+. The molecule has 5 N–H and O–H groups in total. The molecule has 2 amide bonds. The maximum absolute atomic E-state index is 11.6. The molecule has 0 heterocycles. The lowest BCUT2D eigenvalue weighted by Gasteiger charge is -2.25. The summed E-state index contributed by atoms with van der Waals surface area (Å²) in [6.45, 7) is 8.43. The van der Waals surface area contributed by atoms with Crippen molar-refractivity contribution in [2.24, 2.45) is 0 Å². The number of alkyl carbamates (subject to hydrolysis) is 2. The van der Waals surface area contributed by atoms with Gasteiger partial charge in [-0.1, -0.05) is 11.6 Å². The first kappa shape index (κ1) is 28.5. The molecule has 0 fully saturated rings. The number of hydrogen-bond acceptors (Lipinski definition) is 7. The Morgan fingerprint density at radius 2 is 1.82 bits per heavy atom. The number of benzene rings is 1. The molecule has 0 spiro atoms. The largest absolute Gasteiger partial charge is 0.450 e. The normalized spacial score (nSPS) is 12.7. The Balaban J connectivity index is 2.80. The van der Waals surface area contributed by atoms with Gasteiger partial charge in [0.15, 0.2) is 0 Å². The zero-order valence-electron chi connectivity index (χ0n) is 19.8. The molecule has 0 saturated heterocycles. The van der Waals surface area contributed by atoms with Crippen LogP contribution in [0.4, 0.5) is 15.3 Å². The predicted octanol–water partition coefficient (Wildman–Crippen LogP) is 3.73. The number of nitrogen functional groups attached to an aromatic ring is 1. The van der Waals surface area contributed by atoms with Crippen LogP contribution in [-0.2, 0) is 14.2 Å². The third-order valence-corrected chi connectivity index (χ3v) is 4.74. The smallest absolute Gasteiger partial charge is 0.407 e. The summed E-state index contributed by atoms with van der Waals surface area (Å²) in [5, 5.41) is 15.8. The molecule has 0 aliphatic rings. The lowest BCUT2D eigenvalue weighted by atomic mass is 9.95. The zero-order chi connectivity index (χ0) is 24.9. The summed E-state index contributed by atoms with van der Waals surface area (Å²) >= 11 is 6.18. The number of nitrogens with two attached hydrogens (primary N) is 1. The van der Waals surface area contributed by atoms with Gasteiger partial charge >= 0.3 is 12.2 Å². The molecule has 186 valence electrons. The van der Waals surface area contributed by atoms with Gasteiger partial charge in [0.05, 0.1) is 31.5 Å². The highest BCUT2D eigenvalue weighted by Crippen LogP contribution is 2.30. The number of halogens is 1. The summed E-state index contributed by atoms with van der Waals surface area (Å²) in [5.74, 6) is 0. The third-order valence-electron chi connectivity index (χ3n) is 4.50. The van der Waals surface area contributed by atoms with Gasteiger partial charge in [-0.2, -0.15) is 0 Å². The van der Waals surface area contributed by atoms with Gasteiger partial charge in [0, 0.05) is 29.4 Å². The van der Waals surface area contributed by atoms with Gasteiger partial charge in [0.1, 0.15) is 0 Å². The minimum Gasteiger partial charge on any atom is -0.450 e. The first-order valence-corrected chi connectivity index (χ1v) is 11.4. The van der Waals surface area contributed by atoms with Crippen molar-refractivity contribution in [1.29, 1.82) is 0 Å². The molecule has 0 saturated carbocycles. The van der Waals surface area contributed by atoms with E-state index in [9.17, 15) is 14.7 Å². The number of anilines is 1. The van der Waals surface area contributed by atoms with Crippen molar-refractivity contribution < 1.29 is 28.9 Å². The average Bonchev–Trinajstić information content (AvgIpc) is 2.73. The fraction of sp³-hybridized carbons (Fsp3) is 0.565. The molecule has 1 aromatic carbocycles. The van der Waals surface area contributed by atoms with E-state index in [1.54, 1.807) is 32.0 Å². The summed E-state index contributed by atoms with van der Waals surface area (Å²) in [6.07, 6.45) is 0.888. The number of rotatable bonds is 13. The van der Waals surface area contributed by atoms with Crippen LogP contribution in [0.5, 0.6) is 0 Å². The fourth-order valence-electron chi connectivity index (χ4n) is 2.98. The molecule has 0 aromatic heterocycles. The first-order chi connectivity index (χ1) is 15.6. The predicted molar refractivity (Wildman–Crippen MR) is 129 cm³/mol. The van der Waals surface area contributed by atoms with Gasteiger partial charge in [-0.05, 0) is 70.4 Å². The second-order valence-electron chi connectivity index (χ2n) is 7.79. The fourth-order valence-corrected chi connectivity index (χ4v) is 3.15. The minimum absolute atomic E-state index is 0.0717. The second kappa shape index (κ2) is 14.6. The molecule has 9 nitrogen and oxygen atoms in total. The average molecular weight is 486 g/mol. The van der Waals surface area contributed by atoms with E-state index >= 15 is 0 Å². The monoisotopic (exact) mass is 485 g/mol. The number of hydrogen-bond donors (Lipinski definition) is 4. The van der Waals surface area contributed by atoms with Crippen LogP contribution < -0.4 is 16.4 Å². The second-order valence-corrected chi connectivity index (χ2v) is 8.23. The van der Waals surface area contributed by atoms with Crippen molar-refractivity contribution in [2.75, 3.05) is 38.6 Å². The molecule has 0 aliphatic carbocycles. The van der Waals surface area contributed by atoms with E-state index in [4.69, 9.17) is 31.5 Å². The molecular formula is C23H36ClN3O6. The summed E-state index contributed by atoms with van der Waals surface area (Å²) in [5.41, 5.74) is 7.63. The van der Waals surface area contributed by atoms with Crippen molar-refractivity contribution in [3.8, 4) is 0 Å². The first-order valence-electron chi connectivity index (χ1n) is 11.0. The van der Waals surface area contributed by atoms with Crippen molar-refractivity contribution in [2.45, 2.75) is 52.2 Å². The summed E-state index contributed by atoms with van der Waals surface area (Å²) in [7, 11) is 0. The molecule has 1 atom stereocenters. The molecule has 10 heteroatoms. The van der Waals surface area contributed by atoms with Crippen LogP contribution >= 0.6 is 11.6 Å². The van der Waals surface area contributed by atoms with E-state index in [1.807, 2.05) is 19.9 Å². The lowest BCUT2D eigenvalue weighted by molar-refractivity contribution is 0.00105. The third kappa shape index (κ3) is 11.8. The molecule has 1 unspecified atom stereocenters. The molecule has 33 heavy (non-hydrogen) atoms. The number of aliphatic hydroxyl groups excluding tert-OH is 1. The van der Waals surface area contributed by atoms with E-state index in [0.29, 0.717) is 30.1 Å². The van der Waals surface area contributed by atoms with Crippen LogP contribution in [0.15, 0.2) is 24.3 Å². The molecule has 1 rings (SSSR count). The highest BCUT2D eigenvalue weighted by molar-refractivity contribution is 6.30. The van der Waals surface area contributed by atoms with Crippen molar-refractivity contribution in [3.05, 3.63) is 34.9 Å². The van der Waals surface area contributed by atoms with Crippen LogP contribution in [0.2, 0.25) is 5.02 Å². The highest BCUT2D eigenvalue weighted by Gasteiger charge is 2.19. The highest BCUT2D eigenvalue weighted by atomic mass is 35.5. The van der Waals surface area contributed by atoms with Crippen LogP contribution in [0.3, 0.4) is 0 Å². The van der Waals surface area contributed by atoms with Gasteiger partial charge in [-0.25, -0.2) is 9.59 Å². The van der Waals surface area contributed by atoms with E-state index in [2.05, 4.69) is 10.6 Å². The lowest BCUT2D eigenvalue weighted by Crippen LogP contribution is -2.34. The van der Waals surface area contributed by atoms with Crippen molar-refractivity contribution in [3.63, 3.8) is 0 Å². The van der Waals surface area contributed by atoms with Crippen molar-refractivity contribution in [1.82, 2.24) is 10.6 Å². The number of nitrogens with one attached hydrogen (secondary N) is 2. The maximum atomic E-state index is 11.6. The van der Waals surface area contributed by atoms with Gasteiger partial charge in [0.25, 0.3) is 0 Å². The SMILES string of the molecule is CCOC(=O)NCC/C(=C\C(C)(C)OCCC(O)CNC(=O)OCC)c1cc(Cl)ccc1N. The Kier molecular flexibility index (Phi) is 12.6. The molecule has 1 aromatic rings. The van der Waals surface area contributed by atoms with Gasteiger partial charge in [0.2, 0.25) is 0 Å². The van der Waals surface area contributed by atoms with Gasteiger partial charge in [-0.3, -0.25) is 0 Å². The Morgan fingerprint density at radius 3 is 2.45 bits per heavy atom. The van der Waals surface area contributed by atoms with E-state index in [0.717, 1.165) is 11.1 Å².